The predicted molar refractivity (Wildman–Crippen MR) is 108 cm³/mol. The Labute approximate surface area is 166 Å². The molecule has 4 aromatic rings. The molecule has 0 saturated carbocycles. The van der Waals surface area contributed by atoms with Crippen molar-refractivity contribution in [3.63, 3.8) is 0 Å². The number of benzene rings is 1. The zero-order valence-corrected chi connectivity index (χ0v) is 16.8. The Morgan fingerprint density at radius 3 is 2.82 bits per heavy atom. The van der Waals surface area contributed by atoms with Crippen LogP contribution in [0.15, 0.2) is 29.4 Å². The molecular weight excluding hydrogens is 374 g/mol. The third-order valence-electron chi connectivity index (χ3n) is 4.71. The number of para-hydroxylation sites is 2. The number of carbonyl (C=O) groups is 1. The van der Waals surface area contributed by atoms with Gasteiger partial charge in [0.1, 0.15) is 5.82 Å². The van der Waals surface area contributed by atoms with Crippen molar-refractivity contribution in [1.82, 2.24) is 34.9 Å². The minimum atomic E-state index is -0.0252. The van der Waals surface area contributed by atoms with Crippen LogP contribution in [0.1, 0.15) is 29.2 Å². The summed E-state index contributed by atoms with van der Waals surface area (Å²) in [6.45, 7) is 4.31. The number of carbonyl (C=O) groups excluding carboxylic acids is 1. The highest BCUT2D eigenvalue weighted by Crippen LogP contribution is 2.18. The van der Waals surface area contributed by atoms with Crippen molar-refractivity contribution in [3.05, 3.63) is 47.0 Å². The van der Waals surface area contributed by atoms with Gasteiger partial charge in [0.25, 0.3) is 5.78 Å². The molecule has 28 heavy (non-hydrogen) atoms. The van der Waals surface area contributed by atoms with E-state index in [0.29, 0.717) is 30.3 Å². The van der Waals surface area contributed by atoms with E-state index in [1.54, 1.807) is 4.52 Å². The number of aromatic amines is 1. The lowest BCUT2D eigenvalue weighted by atomic mass is 10.1. The number of hydrogen-bond donors (Lipinski definition) is 2. The van der Waals surface area contributed by atoms with Crippen LogP contribution in [0.5, 0.6) is 0 Å². The van der Waals surface area contributed by atoms with Gasteiger partial charge in [-0.05, 0) is 44.2 Å². The molecule has 0 fully saturated rings. The summed E-state index contributed by atoms with van der Waals surface area (Å²) in [5.41, 5.74) is 4.75. The standard InChI is InChI=1S/C19H21N7OS/c1-11-13(12(2)26-18(21-11)24-19(25-26)28-3)8-9-17(27)20-10-16-22-14-6-4-5-7-15(14)23-16/h4-7H,8-10H2,1-3H3,(H,20,27)(H,22,23). The Bertz CT molecular complexity index is 1130. The van der Waals surface area contributed by atoms with Gasteiger partial charge in [0, 0.05) is 17.8 Å². The molecule has 9 heteroatoms. The van der Waals surface area contributed by atoms with E-state index in [9.17, 15) is 4.79 Å². The van der Waals surface area contributed by atoms with Crippen LogP contribution in [-0.2, 0) is 17.8 Å². The summed E-state index contributed by atoms with van der Waals surface area (Å²) in [4.78, 5) is 28.9. The van der Waals surface area contributed by atoms with Crippen molar-refractivity contribution in [2.75, 3.05) is 6.26 Å². The number of aromatic nitrogens is 6. The van der Waals surface area contributed by atoms with Crippen LogP contribution in [-0.4, -0.2) is 41.7 Å². The first kappa shape index (κ1) is 18.4. The van der Waals surface area contributed by atoms with E-state index in [0.717, 1.165) is 33.8 Å². The molecule has 0 aliphatic rings. The van der Waals surface area contributed by atoms with Gasteiger partial charge in [-0.3, -0.25) is 4.79 Å². The molecule has 4 rings (SSSR count). The summed E-state index contributed by atoms with van der Waals surface area (Å²) < 4.78 is 1.75. The molecule has 0 aliphatic carbocycles. The minimum Gasteiger partial charge on any atom is -0.349 e. The Morgan fingerprint density at radius 2 is 2.04 bits per heavy atom. The van der Waals surface area contributed by atoms with E-state index in [-0.39, 0.29) is 5.91 Å². The maximum atomic E-state index is 12.3. The van der Waals surface area contributed by atoms with Gasteiger partial charge in [-0.25, -0.2) is 14.5 Å². The molecular formula is C19H21N7OS. The largest absolute Gasteiger partial charge is 0.349 e. The summed E-state index contributed by atoms with van der Waals surface area (Å²) in [6.07, 6.45) is 2.91. The van der Waals surface area contributed by atoms with Gasteiger partial charge in [0.05, 0.1) is 17.6 Å². The maximum Gasteiger partial charge on any atom is 0.253 e. The molecule has 3 aromatic heterocycles. The molecule has 0 bridgehead atoms. The van der Waals surface area contributed by atoms with Crippen LogP contribution >= 0.6 is 11.8 Å². The number of rotatable bonds is 6. The number of thioether (sulfide) groups is 1. The average Bonchev–Trinajstić information content (AvgIpc) is 3.29. The average molecular weight is 395 g/mol. The monoisotopic (exact) mass is 395 g/mol. The van der Waals surface area contributed by atoms with E-state index in [1.807, 2.05) is 44.4 Å². The minimum absolute atomic E-state index is 0.0252. The molecule has 0 unspecified atom stereocenters. The quantitative estimate of drug-likeness (QED) is 0.487. The van der Waals surface area contributed by atoms with E-state index in [2.05, 4.69) is 30.4 Å². The molecule has 0 aliphatic heterocycles. The number of fused-ring (bicyclic) bond motifs is 2. The lowest BCUT2D eigenvalue weighted by molar-refractivity contribution is -0.121. The van der Waals surface area contributed by atoms with Crippen LogP contribution < -0.4 is 5.32 Å². The van der Waals surface area contributed by atoms with Gasteiger partial charge in [0.15, 0.2) is 0 Å². The highest BCUT2D eigenvalue weighted by Gasteiger charge is 2.14. The number of H-pyrrole nitrogens is 1. The Hall–Kier alpha value is -2.94. The van der Waals surface area contributed by atoms with E-state index < -0.39 is 0 Å². The SMILES string of the molecule is CSc1nc2nc(C)c(CCC(=O)NCc3nc4ccccc4[nH]3)c(C)n2n1. The molecule has 0 radical (unpaired) electrons. The van der Waals surface area contributed by atoms with Crippen LogP contribution in [0.3, 0.4) is 0 Å². The number of amides is 1. The summed E-state index contributed by atoms with van der Waals surface area (Å²) in [5.74, 6) is 1.32. The van der Waals surface area contributed by atoms with Crippen LogP contribution in [0.2, 0.25) is 0 Å². The highest BCUT2D eigenvalue weighted by molar-refractivity contribution is 7.98. The van der Waals surface area contributed by atoms with Crippen molar-refractivity contribution in [3.8, 4) is 0 Å². The second-order valence-electron chi connectivity index (χ2n) is 6.55. The van der Waals surface area contributed by atoms with Gasteiger partial charge < -0.3 is 10.3 Å². The predicted octanol–water partition coefficient (Wildman–Crippen LogP) is 2.59. The van der Waals surface area contributed by atoms with Gasteiger partial charge in [-0.1, -0.05) is 23.9 Å². The lowest BCUT2D eigenvalue weighted by Gasteiger charge is -2.10. The van der Waals surface area contributed by atoms with Crippen LogP contribution in [0.4, 0.5) is 0 Å². The third-order valence-corrected chi connectivity index (χ3v) is 5.24. The molecule has 8 nitrogen and oxygen atoms in total. The Kier molecular flexibility index (Phi) is 4.99. The van der Waals surface area contributed by atoms with Gasteiger partial charge in [-0.2, -0.15) is 4.98 Å². The molecule has 1 amide bonds. The number of nitrogens with one attached hydrogen (secondary N) is 2. The van der Waals surface area contributed by atoms with E-state index in [4.69, 9.17) is 0 Å². The highest BCUT2D eigenvalue weighted by atomic mass is 32.2. The van der Waals surface area contributed by atoms with Crippen LogP contribution in [0, 0.1) is 13.8 Å². The molecule has 144 valence electrons. The summed E-state index contributed by atoms with van der Waals surface area (Å²) in [7, 11) is 0. The third kappa shape index (κ3) is 3.57. The molecule has 0 atom stereocenters. The molecule has 0 spiro atoms. The van der Waals surface area contributed by atoms with Crippen molar-refractivity contribution in [2.45, 2.75) is 38.4 Å². The number of imidazole rings is 1. The van der Waals surface area contributed by atoms with Gasteiger partial charge in [-0.15, -0.1) is 5.10 Å². The van der Waals surface area contributed by atoms with Crippen molar-refractivity contribution in [2.24, 2.45) is 0 Å². The van der Waals surface area contributed by atoms with Crippen molar-refractivity contribution < 1.29 is 4.79 Å². The van der Waals surface area contributed by atoms with E-state index in [1.165, 1.54) is 11.8 Å². The topological polar surface area (TPSA) is 101 Å². The van der Waals surface area contributed by atoms with Crippen molar-refractivity contribution >= 4 is 34.5 Å². The Balaban J connectivity index is 1.41. The number of aryl methyl sites for hydroxylation is 2. The first-order valence-electron chi connectivity index (χ1n) is 9.02. The second kappa shape index (κ2) is 7.59. The first-order valence-corrected chi connectivity index (χ1v) is 10.2. The van der Waals surface area contributed by atoms with Crippen molar-refractivity contribution in [1.29, 1.82) is 0 Å². The first-order chi connectivity index (χ1) is 13.5. The van der Waals surface area contributed by atoms with Gasteiger partial charge in [0.2, 0.25) is 11.1 Å². The molecule has 2 N–H and O–H groups in total. The van der Waals surface area contributed by atoms with E-state index >= 15 is 0 Å². The number of hydrogen-bond acceptors (Lipinski definition) is 6. The maximum absolute atomic E-state index is 12.3. The lowest BCUT2D eigenvalue weighted by Crippen LogP contribution is -2.24. The fourth-order valence-electron chi connectivity index (χ4n) is 3.24. The summed E-state index contributed by atoms with van der Waals surface area (Å²) in [6, 6.07) is 7.81. The molecule has 3 heterocycles. The summed E-state index contributed by atoms with van der Waals surface area (Å²) >= 11 is 1.48. The second-order valence-corrected chi connectivity index (χ2v) is 7.32. The zero-order chi connectivity index (χ0) is 19.7. The number of nitrogens with zero attached hydrogens (tertiary/aromatic N) is 5. The fourth-order valence-corrected chi connectivity index (χ4v) is 3.57. The van der Waals surface area contributed by atoms with Crippen LogP contribution in [0.25, 0.3) is 16.8 Å². The smallest absolute Gasteiger partial charge is 0.253 e. The summed E-state index contributed by atoms with van der Waals surface area (Å²) in [5, 5.41) is 8.07. The van der Waals surface area contributed by atoms with Gasteiger partial charge >= 0.3 is 0 Å². The zero-order valence-electron chi connectivity index (χ0n) is 16.0. The fraction of sp³-hybridized carbons (Fsp3) is 0.316. The normalized spacial score (nSPS) is 11.4. The Morgan fingerprint density at radius 1 is 1.21 bits per heavy atom. The molecule has 0 saturated heterocycles. The molecule has 1 aromatic carbocycles.